The predicted molar refractivity (Wildman–Crippen MR) is 126 cm³/mol. The van der Waals surface area contributed by atoms with Gasteiger partial charge in [0.2, 0.25) is 0 Å². The number of nitrogens with zero attached hydrogens (tertiary/aromatic N) is 1. The Balaban J connectivity index is 1.22. The second-order valence-corrected chi connectivity index (χ2v) is 8.46. The van der Waals surface area contributed by atoms with Crippen molar-refractivity contribution >= 4 is 16.7 Å². The average molecular weight is 426 g/mol. The van der Waals surface area contributed by atoms with Gasteiger partial charge in [0.05, 0.1) is 11.8 Å². The number of benzene rings is 3. The molecule has 162 valence electrons. The Morgan fingerprint density at radius 3 is 2.75 bits per heavy atom. The van der Waals surface area contributed by atoms with Gasteiger partial charge < -0.3 is 14.1 Å². The van der Waals surface area contributed by atoms with Crippen molar-refractivity contribution in [3.8, 4) is 5.75 Å². The summed E-state index contributed by atoms with van der Waals surface area (Å²) in [5.41, 5.74) is 1.80. The molecule has 0 amide bonds. The summed E-state index contributed by atoms with van der Waals surface area (Å²) < 4.78 is 11.5. The van der Waals surface area contributed by atoms with E-state index in [-0.39, 0.29) is 5.97 Å². The number of hydrogen-bond donors (Lipinski definition) is 0. The van der Waals surface area contributed by atoms with E-state index in [1.165, 1.54) is 16.3 Å². The zero-order valence-corrected chi connectivity index (χ0v) is 18.1. The minimum atomic E-state index is -0.321. The largest absolute Gasteiger partial charge is 0.468 e. The van der Waals surface area contributed by atoms with Crippen LogP contribution in [0.2, 0.25) is 0 Å². The number of carbonyl (C=O) groups excluding carboxylic acids is 1. The molecular formula is C28H27NO3. The Hall–Kier alpha value is -3.37. The van der Waals surface area contributed by atoms with Gasteiger partial charge >= 0.3 is 5.97 Å². The second kappa shape index (κ2) is 9.41. The highest BCUT2D eigenvalue weighted by atomic mass is 16.5. The van der Waals surface area contributed by atoms with Crippen molar-refractivity contribution in [1.29, 1.82) is 0 Å². The zero-order valence-electron chi connectivity index (χ0n) is 18.1. The van der Waals surface area contributed by atoms with E-state index >= 15 is 0 Å². The molecule has 4 heteroatoms. The number of piperidine rings is 1. The van der Waals surface area contributed by atoms with E-state index in [2.05, 4.69) is 29.2 Å². The van der Waals surface area contributed by atoms with Crippen LogP contribution in [0.5, 0.6) is 5.75 Å². The van der Waals surface area contributed by atoms with Crippen molar-refractivity contribution in [2.75, 3.05) is 19.6 Å². The Morgan fingerprint density at radius 2 is 1.84 bits per heavy atom. The van der Waals surface area contributed by atoms with E-state index in [9.17, 15) is 4.79 Å². The quantitative estimate of drug-likeness (QED) is 0.278. The lowest BCUT2D eigenvalue weighted by molar-refractivity contribution is 0.0734. The minimum Gasteiger partial charge on any atom is -0.468 e. The summed E-state index contributed by atoms with van der Waals surface area (Å²) >= 11 is 0. The fourth-order valence-corrected chi connectivity index (χ4v) is 4.61. The Kier molecular flexibility index (Phi) is 6.04. The van der Waals surface area contributed by atoms with Gasteiger partial charge in [0.25, 0.3) is 0 Å². The zero-order chi connectivity index (χ0) is 21.8. The molecule has 5 rings (SSSR count). The molecular weight excluding hydrogens is 398 g/mol. The maximum atomic E-state index is 12.4. The van der Waals surface area contributed by atoms with Crippen LogP contribution < -0.4 is 4.74 Å². The topological polar surface area (TPSA) is 42.7 Å². The average Bonchev–Trinajstić information content (AvgIpc) is 3.27. The van der Waals surface area contributed by atoms with Crippen LogP contribution >= 0.6 is 0 Å². The molecule has 4 nitrogen and oxygen atoms in total. The molecule has 4 aromatic rings. The number of likely N-dealkylation sites (tertiary alicyclic amines) is 1. The third-order valence-electron chi connectivity index (χ3n) is 6.30. The smallest absolute Gasteiger partial charge is 0.343 e. The standard InChI is InChI=1S/C28H27NO3/c30-28(21-8-2-1-3-9-21)32-25-13-6-11-22(18-25)23-12-7-16-29(19-23)17-15-27-26-14-5-4-10-24(26)20-31-27/h1-6,8-11,13-14,18,20,23H,7,12,15-17,19H2. The minimum absolute atomic E-state index is 0.321. The first kappa shape index (κ1) is 20.5. The van der Waals surface area contributed by atoms with Gasteiger partial charge in [-0.3, -0.25) is 0 Å². The van der Waals surface area contributed by atoms with Crippen LogP contribution in [0.4, 0.5) is 0 Å². The van der Waals surface area contributed by atoms with E-state index in [0.29, 0.717) is 17.2 Å². The molecule has 0 spiro atoms. The van der Waals surface area contributed by atoms with Gasteiger partial charge in [-0.2, -0.15) is 0 Å². The van der Waals surface area contributed by atoms with Crippen LogP contribution in [-0.2, 0) is 6.42 Å². The van der Waals surface area contributed by atoms with Gasteiger partial charge in [-0.05, 0) is 55.1 Å². The summed E-state index contributed by atoms with van der Waals surface area (Å²) in [6.45, 7) is 3.10. The lowest BCUT2D eigenvalue weighted by Crippen LogP contribution is -2.35. The molecule has 0 radical (unpaired) electrons. The van der Waals surface area contributed by atoms with Crippen molar-refractivity contribution in [2.45, 2.75) is 25.2 Å². The number of fused-ring (bicyclic) bond motifs is 1. The summed E-state index contributed by atoms with van der Waals surface area (Å²) in [6.07, 6.45) is 5.08. The molecule has 0 saturated carbocycles. The van der Waals surface area contributed by atoms with E-state index in [0.717, 1.165) is 44.7 Å². The summed E-state index contributed by atoms with van der Waals surface area (Å²) in [4.78, 5) is 14.9. The third kappa shape index (κ3) is 4.61. The van der Waals surface area contributed by atoms with Crippen LogP contribution in [0.15, 0.2) is 89.5 Å². The van der Waals surface area contributed by atoms with Crippen molar-refractivity contribution < 1.29 is 13.9 Å². The normalized spacial score (nSPS) is 16.8. The fraction of sp³-hybridized carbons (Fsp3) is 0.250. The molecule has 1 atom stereocenters. The first-order chi connectivity index (χ1) is 15.8. The van der Waals surface area contributed by atoms with Crippen molar-refractivity contribution in [3.05, 3.63) is 102 Å². The number of hydrogen-bond acceptors (Lipinski definition) is 4. The van der Waals surface area contributed by atoms with Crippen LogP contribution in [0.3, 0.4) is 0 Å². The van der Waals surface area contributed by atoms with Gasteiger partial charge in [0.1, 0.15) is 11.5 Å². The SMILES string of the molecule is O=C(Oc1cccc(C2CCCN(CCc3occ4ccccc34)C2)c1)c1ccccc1. The van der Waals surface area contributed by atoms with Crippen LogP contribution in [0.1, 0.15) is 40.4 Å². The fourth-order valence-electron chi connectivity index (χ4n) is 4.61. The van der Waals surface area contributed by atoms with Gasteiger partial charge in [0.15, 0.2) is 0 Å². The van der Waals surface area contributed by atoms with Crippen molar-refractivity contribution in [1.82, 2.24) is 4.90 Å². The predicted octanol–water partition coefficient (Wildman–Crippen LogP) is 6.07. The number of ether oxygens (including phenoxy) is 1. The highest BCUT2D eigenvalue weighted by Crippen LogP contribution is 2.30. The monoisotopic (exact) mass is 425 g/mol. The summed E-state index contributed by atoms with van der Waals surface area (Å²) in [5.74, 6) is 1.79. The molecule has 1 aliphatic rings. The molecule has 1 aromatic heterocycles. The van der Waals surface area contributed by atoms with E-state index < -0.39 is 0 Å². The molecule has 1 unspecified atom stereocenters. The lowest BCUT2D eigenvalue weighted by Gasteiger charge is -2.33. The molecule has 0 aliphatic carbocycles. The third-order valence-corrected chi connectivity index (χ3v) is 6.30. The molecule has 32 heavy (non-hydrogen) atoms. The van der Waals surface area contributed by atoms with E-state index in [4.69, 9.17) is 9.15 Å². The molecule has 1 aliphatic heterocycles. The molecule has 0 N–H and O–H groups in total. The summed E-state index contributed by atoms with van der Waals surface area (Å²) in [6, 6.07) is 25.5. The number of furan rings is 1. The van der Waals surface area contributed by atoms with E-state index in [1.54, 1.807) is 12.1 Å². The van der Waals surface area contributed by atoms with E-state index in [1.807, 2.05) is 48.7 Å². The van der Waals surface area contributed by atoms with Gasteiger partial charge in [-0.25, -0.2) is 4.79 Å². The molecule has 0 bridgehead atoms. The number of carbonyl (C=O) groups is 1. The first-order valence-electron chi connectivity index (χ1n) is 11.3. The molecule has 3 aromatic carbocycles. The molecule has 2 heterocycles. The Morgan fingerprint density at radius 1 is 1.00 bits per heavy atom. The van der Waals surface area contributed by atoms with Crippen LogP contribution in [-0.4, -0.2) is 30.5 Å². The number of rotatable bonds is 6. The van der Waals surface area contributed by atoms with Crippen LogP contribution in [0, 0.1) is 0 Å². The Bertz CT molecular complexity index is 1200. The summed E-state index contributed by atoms with van der Waals surface area (Å²) in [5, 5.41) is 2.38. The first-order valence-corrected chi connectivity index (χ1v) is 11.3. The molecule has 1 fully saturated rings. The second-order valence-electron chi connectivity index (χ2n) is 8.46. The maximum Gasteiger partial charge on any atom is 0.343 e. The van der Waals surface area contributed by atoms with Crippen molar-refractivity contribution in [2.24, 2.45) is 0 Å². The highest BCUT2D eigenvalue weighted by Gasteiger charge is 2.22. The van der Waals surface area contributed by atoms with Crippen LogP contribution in [0.25, 0.3) is 10.8 Å². The number of esters is 1. The maximum absolute atomic E-state index is 12.4. The lowest BCUT2D eigenvalue weighted by atomic mass is 9.90. The van der Waals surface area contributed by atoms with Gasteiger partial charge in [-0.1, -0.05) is 54.6 Å². The highest BCUT2D eigenvalue weighted by molar-refractivity contribution is 5.91. The Labute approximate surface area is 188 Å². The summed E-state index contributed by atoms with van der Waals surface area (Å²) in [7, 11) is 0. The van der Waals surface area contributed by atoms with Gasteiger partial charge in [0, 0.05) is 30.3 Å². The van der Waals surface area contributed by atoms with Crippen molar-refractivity contribution in [3.63, 3.8) is 0 Å². The molecule has 1 saturated heterocycles. The van der Waals surface area contributed by atoms with Gasteiger partial charge in [-0.15, -0.1) is 0 Å².